The van der Waals surface area contributed by atoms with E-state index in [0.29, 0.717) is 42.0 Å². The highest BCUT2D eigenvalue weighted by Crippen LogP contribution is 2.47. The number of carbonyl (C=O) groups excluding carboxylic acids is 1. The molecule has 2 aromatic rings. The molecule has 1 saturated heterocycles. The van der Waals surface area contributed by atoms with E-state index in [1.165, 1.54) is 0 Å². The molecule has 2 N–H and O–H groups in total. The largest absolute Gasteiger partial charge is 0.492 e. The zero-order valence-electron chi connectivity index (χ0n) is 17.1. The fraction of sp³-hybridized carbons (Fsp3) is 0.524. The Morgan fingerprint density at radius 1 is 1.07 bits per heavy atom. The van der Waals surface area contributed by atoms with Crippen LogP contribution >= 0.6 is 0 Å². The van der Waals surface area contributed by atoms with Gasteiger partial charge in [0.25, 0.3) is 5.91 Å². The summed E-state index contributed by atoms with van der Waals surface area (Å²) < 4.78 is 11.1. The highest BCUT2D eigenvalue weighted by molar-refractivity contribution is 5.96. The zero-order valence-corrected chi connectivity index (χ0v) is 17.1. The average Bonchev–Trinajstić information content (AvgIpc) is 3.57. The highest BCUT2D eigenvalue weighted by atomic mass is 16.5. The minimum Gasteiger partial charge on any atom is -0.492 e. The molecule has 29 heavy (non-hydrogen) atoms. The standard InChI is InChI=1S/C21H27N5O3/c1-12-10-16(22)24-25-17(12)14-6-8-26(9-7-14)21(27)18-20(29-3)19(28-2)15(11-23-18)13-4-5-13/h10-11,13-14H,4-9H2,1-3H3,(H2,22,24). The molecular weight excluding hydrogens is 370 g/mol. The predicted molar refractivity (Wildman–Crippen MR) is 108 cm³/mol. The van der Waals surface area contributed by atoms with Crippen LogP contribution in [-0.4, -0.2) is 53.3 Å². The van der Waals surface area contributed by atoms with Crippen molar-refractivity contribution in [1.82, 2.24) is 20.1 Å². The zero-order chi connectivity index (χ0) is 20.5. The normalized spacial score (nSPS) is 17.3. The summed E-state index contributed by atoms with van der Waals surface area (Å²) in [5.41, 5.74) is 9.07. The molecule has 0 atom stereocenters. The Balaban J connectivity index is 1.51. The van der Waals surface area contributed by atoms with E-state index in [1.807, 2.05) is 17.9 Å². The van der Waals surface area contributed by atoms with Gasteiger partial charge < -0.3 is 20.1 Å². The van der Waals surface area contributed by atoms with E-state index in [-0.39, 0.29) is 11.8 Å². The molecule has 1 aliphatic carbocycles. The average molecular weight is 397 g/mol. The van der Waals surface area contributed by atoms with Gasteiger partial charge in [-0.3, -0.25) is 4.79 Å². The van der Waals surface area contributed by atoms with E-state index in [4.69, 9.17) is 15.2 Å². The minimum absolute atomic E-state index is 0.124. The van der Waals surface area contributed by atoms with Crippen LogP contribution < -0.4 is 15.2 Å². The number of ether oxygens (including phenoxy) is 2. The van der Waals surface area contributed by atoms with Crippen molar-refractivity contribution in [2.75, 3.05) is 33.0 Å². The summed E-state index contributed by atoms with van der Waals surface area (Å²) in [6, 6.07) is 1.85. The second-order valence-corrected chi connectivity index (χ2v) is 7.81. The number of hydrogen-bond acceptors (Lipinski definition) is 7. The van der Waals surface area contributed by atoms with Gasteiger partial charge in [-0.1, -0.05) is 0 Å². The first kappa shape index (κ1) is 19.4. The van der Waals surface area contributed by atoms with Crippen molar-refractivity contribution in [3.63, 3.8) is 0 Å². The lowest BCUT2D eigenvalue weighted by Crippen LogP contribution is -2.38. The van der Waals surface area contributed by atoms with Gasteiger partial charge >= 0.3 is 0 Å². The van der Waals surface area contributed by atoms with Crippen molar-refractivity contribution in [3.05, 3.63) is 34.8 Å². The molecule has 4 rings (SSSR count). The Bertz CT molecular complexity index is 921. The molecule has 1 amide bonds. The summed E-state index contributed by atoms with van der Waals surface area (Å²) in [5.74, 6) is 2.10. The van der Waals surface area contributed by atoms with Gasteiger partial charge in [0.2, 0.25) is 0 Å². The Morgan fingerprint density at radius 2 is 1.76 bits per heavy atom. The number of hydrogen-bond donors (Lipinski definition) is 1. The van der Waals surface area contributed by atoms with Crippen LogP contribution in [0.3, 0.4) is 0 Å². The number of amides is 1. The Morgan fingerprint density at radius 3 is 2.34 bits per heavy atom. The maximum absolute atomic E-state index is 13.2. The number of likely N-dealkylation sites (tertiary alicyclic amines) is 1. The Hall–Kier alpha value is -2.90. The van der Waals surface area contributed by atoms with Crippen LogP contribution in [0, 0.1) is 6.92 Å². The summed E-state index contributed by atoms with van der Waals surface area (Å²) in [6.45, 7) is 3.26. The van der Waals surface area contributed by atoms with E-state index in [9.17, 15) is 4.79 Å². The van der Waals surface area contributed by atoms with Gasteiger partial charge in [-0.15, -0.1) is 5.10 Å². The van der Waals surface area contributed by atoms with Gasteiger partial charge in [-0.05, 0) is 50.2 Å². The van der Waals surface area contributed by atoms with E-state index >= 15 is 0 Å². The van der Waals surface area contributed by atoms with E-state index in [2.05, 4.69) is 15.2 Å². The van der Waals surface area contributed by atoms with E-state index < -0.39 is 0 Å². The first-order valence-corrected chi connectivity index (χ1v) is 10.0. The Kier molecular flexibility index (Phi) is 5.25. The number of anilines is 1. The predicted octanol–water partition coefficient (Wildman–Crippen LogP) is 2.68. The number of piperidine rings is 1. The Labute approximate surface area is 170 Å². The number of carbonyl (C=O) groups is 1. The van der Waals surface area contributed by atoms with Crippen LogP contribution in [0.5, 0.6) is 11.5 Å². The second-order valence-electron chi connectivity index (χ2n) is 7.81. The number of aryl methyl sites for hydroxylation is 1. The summed E-state index contributed by atoms with van der Waals surface area (Å²) in [7, 11) is 3.17. The maximum atomic E-state index is 13.2. The monoisotopic (exact) mass is 397 g/mol. The van der Waals surface area contributed by atoms with Crippen LogP contribution in [0.15, 0.2) is 12.3 Å². The lowest BCUT2D eigenvalue weighted by Gasteiger charge is -2.32. The number of rotatable bonds is 5. The van der Waals surface area contributed by atoms with Crippen LogP contribution in [0.25, 0.3) is 0 Å². The fourth-order valence-electron chi connectivity index (χ4n) is 4.15. The van der Waals surface area contributed by atoms with Crippen molar-refractivity contribution in [3.8, 4) is 11.5 Å². The molecular formula is C21H27N5O3. The lowest BCUT2D eigenvalue weighted by atomic mass is 9.91. The molecule has 2 aliphatic rings. The van der Waals surface area contributed by atoms with Crippen molar-refractivity contribution >= 4 is 11.7 Å². The van der Waals surface area contributed by atoms with Gasteiger partial charge in [-0.2, -0.15) is 5.10 Å². The van der Waals surface area contributed by atoms with Gasteiger partial charge in [0, 0.05) is 30.8 Å². The van der Waals surface area contributed by atoms with Crippen molar-refractivity contribution in [2.24, 2.45) is 0 Å². The molecule has 8 heteroatoms. The number of nitrogens with two attached hydrogens (primary N) is 1. The fourth-order valence-corrected chi connectivity index (χ4v) is 4.15. The van der Waals surface area contributed by atoms with Crippen LogP contribution in [0.4, 0.5) is 5.82 Å². The molecule has 0 spiro atoms. The van der Waals surface area contributed by atoms with Gasteiger partial charge in [0.15, 0.2) is 17.2 Å². The summed E-state index contributed by atoms with van der Waals surface area (Å²) >= 11 is 0. The smallest absolute Gasteiger partial charge is 0.276 e. The molecule has 2 aromatic heterocycles. The number of aromatic nitrogens is 3. The molecule has 0 radical (unpaired) electrons. The quantitative estimate of drug-likeness (QED) is 0.827. The molecule has 0 unspecified atom stereocenters. The lowest BCUT2D eigenvalue weighted by molar-refractivity contribution is 0.0701. The third-order valence-electron chi connectivity index (χ3n) is 5.85. The maximum Gasteiger partial charge on any atom is 0.276 e. The van der Waals surface area contributed by atoms with Crippen molar-refractivity contribution in [2.45, 2.75) is 44.4 Å². The summed E-state index contributed by atoms with van der Waals surface area (Å²) in [6.07, 6.45) is 5.66. The van der Waals surface area contributed by atoms with E-state index in [0.717, 1.165) is 42.5 Å². The molecule has 0 aromatic carbocycles. The van der Waals surface area contributed by atoms with Gasteiger partial charge in [0.05, 0.1) is 19.9 Å². The molecule has 1 saturated carbocycles. The van der Waals surface area contributed by atoms with Gasteiger partial charge in [0.1, 0.15) is 5.82 Å². The van der Waals surface area contributed by atoms with Crippen LogP contribution in [0.1, 0.15) is 64.8 Å². The first-order chi connectivity index (χ1) is 14.0. The molecule has 154 valence electrons. The number of pyridine rings is 1. The number of methoxy groups -OCH3 is 2. The SMILES string of the molecule is COc1c(C2CC2)cnc(C(=O)N2CCC(c3nnc(N)cc3C)CC2)c1OC. The van der Waals surface area contributed by atoms with Crippen LogP contribution in [0.2, 0.25) is 0 Å². The van der Waals surface area contributed by atoms with Crippen molar-refractivity contribution in [1.29, 1.82) is 0 Å². The highest BCUT2D eigenvalue weighted by Gasteiger charge is 2.34. The topological polar surface area (TPSA) is 103 Å². The molecule has 1 aliphatic heterocycles. The molecule has 8 nitrogen and oxygen atoms in total. The van der Waals surface area contributed by atoms with Crippen LogP contribution in [-0.2, 0) is 0 Å². The first-order valence-electron chi connectivity index (χ1n) is 10.0. The second kappa shape index (κ2) is 7.85. The molecule has 2 fully saturated rings. The summed E-state index contributed by atoms with van der Waals surface area (Å²) in [5, 5.41) is 8.28. The summed E-state index contributed by atoms with van der Waals surface area (Å²) in [4.78, 5) is 19.5. The van der Waals surface area contributed by atoms with Gasteiger partial charge in [-0.25, -0.2) is 4.98 Å². The number of nitrogens with zero attached hydrogens (tertiary/aromatic N) is 4. The number of nitrogen functional groups attached to an aromatic ring is 1. The third kappa shape index (κ3) is 3.71. The molecule has 3 heterocycles. The molecule has 0 bridgehead atoms. The van der Waals surface area contributed by atoms with Crippen molar-refractivity contribution < 1.29 is 14.3 Å². The third-order valence-corrected chi connectivity index (χ3v) is 5.85. The van der Waals surface area contributed by atoms with E-state index in [1.54, 1.807) is 20.4 Å². The minimum atomic E-state index is -0.124.